The minimum absolute atomic E-state index is 0.105. The van der Waals surface area contributed by atoms with E-state index >= 15 is 0 Å². The maximum Gasteiger partial charge on any atom is 0.273 e. The van der Waals surface area contributed by atoms with Gasteiger partial charge in [0.1, 0.15) is 0 Å². The van der Waals surface area contributed by atoms with Crippen LogP contribution in [-0.2, 0) is 4.79 Å². The van der Waals surface area contributed by atoms with Gasteiger partial charge in [-0.15, -0.1) is 0 Å². The molecule has 1 atom stereocenters. The van der Waals surface area contributed by atoms with E-state index in [1.165, 1.54) is 32.2 Å². The third-order valence-electron chi connectivity index (χ3n) is 3.16. The number of halogens is 1. The van der Waals surface area contributed by atoms with Gasteiger partial charge in [-0.25, -0.2) is 0 Å². The topological polar surface area (TPSA) is 90.7 Å². The van der Waals surface area contributed by atoms with Gasteiger partial charge in [0, 0.05) is 6.07 Å². The van der Waals surface area contributed by atoms with E-state index in [0.29, 0.717) is 10.7 Å². The average molecular weight is 351 g/mol. The predicted molar refractivity (Wildman–Crippen MR) is 89.8 cm³/mol. The molecule has 2 rings (SSSR count). The first-order valence-electron chi connectivity index (χ1n) is 6.97. The van der Waals surface area contributed by atoms with E-state index < -0.39 is 16.9 Å². The van der Waals surface area contributed by atoms with Gasteiger partial charge in [-0.2, -0.15) is 0 Å². The second kappa shape index (κ2) is 7.65. The number of hydrogen-bond acceptors (Lipinski definition) is 5. The SMILES string of the molecule is COc1ccc([N+](=O)[O-])cc1O[C@H](C)C(=O)Nc1ccccc1Cl. The number of nitrogens with one attached hydrogen (secondary N) is 1. The molecule has 7 nitrogen and oxygen atoms in total. The van der Waals surface area contributed by atoms with Crippen molar-refractivity contribution in [2.75, 3.05) is 12.4 Å². The summed E-state index contributed by atoms with van der Waals surface area (Å²) in [5, 5.41) is 13.9. The number of amides is 1. The molecule has 2 aromatic carbocycles. The van der Waals surface area contributed by atoms with Gasteiger partial charge in [0.25, 0.3) is 11.6 Å². The predicted octanol–water partition coefficient (Wildman–Crippen LogP) is 3.66. The second-order valence-electron chi connectivity index (χ2n) is 4.82. The first-order chi connectivity index (χ1) is 11.4. The molecule has 0 aliphatic carbocycles. The molecule has 126 valence electrons. The smallest absolute Gasteiger partial charge is 0.273 e. The summed E-state index contributed by atoms with van der Waals surface area (Å²) in [5.41, 5.74) is 0.287. The van der Waals surface area contributed by atoms with Crippen LogP contribution in [0.15, 0.2) is 42.5 Å². The fourth-order valence-electron chi connectivity index (χ4n) is 1.91. The molecule has 1 amide bonds. The maximum atomic E-state index is 12.2. The van der Waals surface area contributed by atoms with Gasteiger partial charge in [0.05, 0.1) is 28.8 Å². The first kappa shape index (κ1) is 17.6. The molecule has 0 unspecified atom stereocenters. The summed E-state index contributed by atoms with van der Waals surface area (Å²) in [6.07, 6.45) is -0.919. The number of carbonyl (C=O) groups excluding carboxylic acids is 1. The summed E-state index contributed by atoms with van der Waals surface area (Å²) in [7, 11) is 1.41. The van der Waals surface area contributed by atoms with Crippen LogP contribution in [0.3, 0.4) is 0 Å². The van der Waals surface area contributed by atoms with Crippen molar-refractivity contribution in [3.63, 3.8) is 0 Å². The quantitative estimate of drug-likeness (QED) is 0.634. The Balaban J connectivity index is 2.15. The molecule has 0 heterocycles. The van der Waals surface area contributed by atoms with Crippen molar-refractivity contribution in [3.05, 3.63) is 57.6 Å². The van der Waals surface area contributed by atoms with E-state index in [0.717, 1.165) is 0 Å². The van der Waals surface area contributed by atoms with Crippen molar-refractivity contribution in [1.82, 2.24) is 0 Å². The Morgan fingerprint density at radius 1 is 1.25 bits per heavy atom. The van der Waals surface area contributed by atoms with Crippen LogP contribution in [0.2, 0.25) is 5.02 Å². The van der Waals surface area contributed by atoms with Crippen LogP contribution < -0.4 is 14.8 Å². The van der Waals surface area contributed by atoms with Crippen molar-refractivity contribution in [1.29, 1.82) is 0 Å². The van der Waals surface area contributed by atoms with Crippen molar-refractivity contribution < 1.29 is 19.2 Å². The number of nitro groups is 1. The number of rotatable bonds is 6. The summed E-state index contributed by atoms with van der Waals surface area (Å²) in [6.45, 7) is 1.52. The number of hydrogen-bond donors (Lipinski definition) is 1. The molecule has 0 saturated carbocycles. The summed E-state index contributed by atoms with van der Waals surface area (Å²) >= 11 is 5.99. The molecule has 2 aromatic rings. The summed E-state index contributed by atoms with van der Waals surface area (Å²) < 4.78 is 10.6. The van der Waals surface area contributed by atoms with Gasteiger partial charge in [0.15, 0.2) is 17.6 Å². The van der Waals surface area contributed by atoms with Crippen LogP contribution >= 0.6 is 11.6 Å². The molecular weight excluding hydrogens is 336 g/mol. The highest BCUT2D eigenvalue weighted by Gasteiger charge is 2.20. The Kier molecular flexibility index (Phi) is 5.59. The normalized spacial score (nSPS) is 11.5. The molecule has 0 saturated heterocycles. The van der Waals surface area contributed by atoms with Gasteiger partial charge < -0.3 is 14.8 Å². The van der Waals surface area contributed by atoms with E-state index in [2.05, 4.69) is 5.32 Å². The number of nitro benzene ring substituents is 1. The highest BCUT2D eigenvalue weighted by molar-refractivity contribution is 6.33. The molecule has 0 bridgehead atoms. The number of ether oxygens (including phenoxy) is 2. The zero-order valence-corrected chi connectivity index (χ0v) is 13.7. The van der Waals surface area contributed by atoms with Crippen molar-refractivity contribution in [2.24, 2.45) is 0 Å². The Morgan fingerprint density at radius 3 is 2.58 bits per heavy atom. The lowest BCUT2D eigenvalue weighted by atomic mass is 10.2. The standard InChI is InChI=1S/C16H15ClN2O5/c1-10(16(20)18-13-6-4-3-5-12(13)17)24-15-9-11(19(21)22)7-8-14(15)23-2/h3-10H,1-2H3,(H,18,20)/t10-/m1/s1. The maximum absolute atomic E-state index is 12.2. The van der Waals surface area contributed by atoms with Crippen LogP contribution in [0.1, 0.15) is 6.92 Å². The number of anilines is 1. The van der Waals surface area contributed by atoms with Crippen LogP contribution in [0.5, 0.6) is 11.5 Å². The fourth-order valence-corrected chi connectivity index (χ4v) is 2.09. The Hall–Kier alpha value is -2.80. The van der Waals surface area contributed by atoms with Gasteiger partial charge >= 0.3 is 0 Å². The lowest BCUT2D eigenvalue weighted by Crippen LogP contribution is -2.30. The monoisotopic (exact) mass is 350 g/mol. The average Bonchev–Trinajstić information content (AvgIpc) is 2.56. The van der Waals surface area contributed by atoms with Crippen LogP contribution in [0.4, 0.5) is 11.4 Å². The Bertz CT molecular complexity index is 766. The highest BCUT2D eigenvalue weighted by Crippen LogP contribution is 2.32. The number of para-hydroxylation sites is 1. The lowest BCUT2D eigenvalue weighted by molar-refractivity contribution is -0.385. The van der Waals surface area contributed by atoms with Crippen molar-refractivity contribution >= 4 is 28.9 Å². The summed E-state index contributed by atoms with van der Waals surface area (Å²) in [4.78, 5) is 22.5. The molecule has 1 N–H and O–H groups in total. The van der Waals surface area contributed by atoms with Gasteiger partial charge in [-0.1, -0.05) is 23.7 Å². The van der Waals surface area contributed by atoms with E-state index in [1.54, 1.807) is 24.3 Å². The largest absolute Gasteiger partial charge is 0.493 e. The van der Waals surface area contributed by atoms with Crippen LogP contribution in [-0.4, -0.2) is 24.0 Å². The zero-order valence-electron chi connectivity index (χ0n) is 13.0. The molecule has 0 fully saturated rings. The molecule has 24 heavy (non-hydrogen) atoms. The molecule has 8 heteroatoms. The van der Waals surface area contributed by atoms with Crippen molar-refractivity contribution in [3.8, 4) is 11.5 Å². The number of methoxy groups -OCH3 is 1. The molecule has 0 aliphatic rings. The number of non-ortho nitro benzene ring substituents is 1. The minimum atomic E-state index is -0.919. The zero-order chi connectivity index (χ0) is 17.7. The third kappa shape index (κ3) is 4.14. The first-order valence-corrected chi connectivity index (χ1v) is 7.34. The number of benzene rings is 2. The number of carbonyl (C=O) groups is 1. The number of nitrogens with zero attached hydrogens (tertiary/aromatic N) is 1. The van der Waals surface area contributed by atoms with Crippen molar-refractivity contribution in [2.45, 2.75) is 13.0 Å². The van der Waals surface area contributed by atoms with E-state index in [1.807, 2.05) is 0 Å². The Morgan fingerprint density at radius 2 is 1.96 bits per heavy atom. The third-order valence-corrected chi connectivity index (χ3v) is 3.49. The molecule has 0 aliphatic heterocycles. The van der Waals surface area contributed by atoms with E-state index in [-0.39, 0.29) is 17.2 Å². The summed E-state index contributed by atoms with van der Waals surface area (Å²) in [6, 6.07) is 10.7. The Labute approximate surface area is 143 Å². The lowest BCUT2D eigenvalue weighted by Gasteiger charge is -2.17. The molecular formula is C16H15ClN2O5. The molecule has 0 spiro atoms. The van der Waals surface area contributed by atoms with Gasteiger partial charge in [-0.3, -0.25) is 14.9 Å². The van der Waals surface area contributed by atoms with Crippen LogP contribution in [0.25, 0.3) is 0 Å². The van der Waals surface area contributed by atoms with E-state index in [4.69, 9.17) is 21.1 Å². The van der Waals surface area contributed by atoms with Crippen LogP contribution in [0, 0.1) is 10.1 Å². The minimum Gasteiger partial charge on any atom is -0.493 e. The molecule has 0 aromatic heterocycles. The van der Waals surface area contributed by atoms with Gasteiger partial charge in [-0.05, 0) is 25.1 Å². The highest BCUT2D eigenvalue weighted by atomic mass is 35.5. The summed E-state index contributed by atoms with van der Waals surface area (Å²) in [5.74, 6) is -0.0526. The van der Waals surface area contributed by atoms with Gasteiger partial charge in [0.2, 0.25) is 0 Å². The fraction of sp³-hybridized carbons (Fsp3) is 0.188. The second-order valence-corrected chi connectivity index (χ2v) is 5.23. The van der Waals surface area contributed by atoms with E-state index in [9.17, 15) is 14.9 Å². The molecule has 0 radical (unpaired) electrons.